The summed E-state index contributed by atoms with van der Waals surface area (Å²) in [7, 11) is -3.27. The fourth-order valence-corrected chi connectivity index (χ4v) is 13.2. The van der Waals surface area contributed by atoms with Gasteiger partial charge in [0.2, 0.25) is 17.7 Å². The van der Waals surface area contributed by atoms with Crippen molar-refractivity contribution in [1.82, 2.24) is 84.4 Å². The molecule has 13 aromatic rings. The molecule has 0 saturated heterocycles. The molecule has 510 valence electrons. The molecule has 0 aliphatic carbocycles. The number of rotatable bonds is 14. The first-order valence-electron chi connectivity index (χ1n) is 32.0. The third-order valence-electron chi connectivity index (χ3n) is 18.0. The van der Waals surface area contributed by atoms with E-state index < -0.39 is 31.9 Å². The number of amides is 3. The van der Waals surface area contributed by atoms with Gasteiger partial charge < -0.3 is 16.0 Å². The van der Waals surface area contributed by atoms with Crippen LogP contribution in [-0.2, 0) is 72.9 Å². The van der Waals surface area contributed by atoms with Crippen LogP contribution in [-0.4, -0.2) is 123 Å². The Bertz CT molecular complexity index is 5660. The highest BCUT2D eigenvalue weighted by atomic mass is 32.2. The van der Waals surface area contributed by atoms with E-state index in [0.717, 1.165) is 29.1 Å². The Morgan fingerprint density at radius 2 is 0.881 bits per heavy atom. The van der Waals surface area contributed by atoms with Crippen molar-refractivity contribution in [3.8, 4) is 45.9 Å². The normalized spacial score (nSPS) is 14.6. The second-order valence-electron chi connectivity index (χ2n) is 26.1. The maximum absolute atomic E-state index is 14.3. The van der Waals surface area contributed by atoms with Crippen LogP contribution in [0.4, 0.5) is 35.0 Å². The summed E-state index contributed by atoms with van der Waals surface area (Å²) >= 11 is 0. The monoisotopic (exact) mass is 1380 g/mol. The van der Waals surface area contributed by atoms with E-state index in [1.54, 1.807) is 115 Å². The molecular weight excluding hydrogens is 1320 g/mol. The van der Waals surface area contributed by atoms with Crippen molar-refractivity contribution in [2.45, 2.75) is 97.2 Å². The van der Waals surface area contributed by atoms with Crippen molar-refractivity contribution < 1.29 is 40.4 Å². The van der Waals surface area contributed by atoms with E-state index in [2.05, 4.69) is 71.2 Å². The van der Waals surface area contributed by atoms with Gasteiger partial charge in [0.1, 0.15) is 67.6 Å². The van der Waals surface area contributed by atoms with Crippen LogP contribution in [0.2, 0.25) is 0 Å². The number of halogens is 4. The average molecular weight is 1380 g/mol. The fraction of sp³-hybridized carbons (Fsp3) is 0.239. The van der Waals surface area contributed by atoms with Crippen LogP contribution in [0.15, 0.2) is 134 Å². The maximum atomic E-state index is 14.3. The molecule has 0 fully saturated rings. The van der Waals surface area contributed by atoms with Crippen molar-refractivity contribution in [3.05, 3.63) is 202 Å². The van der Waals surface area contributed by atoms with Gasteiger partial charge in [-0.3, -0.25) is 19.5 Å². The number of aryl methyl sites for hydroxylation is 2. The summed E-state index contributed by atoms with van der Waals surface area (Å²) in [5.41, 5.74) is 6.06. The summed E-state index contributed by atoms with van der Waals surface area (Å²) in [5, 5.41) is 31.2. The number of nitrogens with one attached hydrogen (secondary N) is 4. The number of aromatic nitrogens is 17. The number of anilines is 3. The highest BCUT2D eigenvalue weighted by molar-refractivity contribution is 7.90. The van der Waals surface area contributed by atoms with Gasteiger partial charge in [-0.05, 0) is 103 Å². The van der Waals surface area contributed by atoms with Crippen molar-refractivity contribution in [3.63, 3.8) is 0 Å². The molecule has 0 unspecified atom stereocenters. The van der Waals surface area contributed by atoms with Gasteiger partial charge in [-0.1, -0.05) is 61.5 Å². The predicted octanol–water partition coefficient (Wildman–Crippen LogP) is 10.6. The van der Waals surface area contributed by atoms with Crippen molar-refractivity contribution in [2.24, 2.45) is 0 Å². The topological polar surface area (TPSA) is 320 Å². The van der Waals surface area contributed by atoms with Crippen molar-refractivity contribution in [1.29, 1.82) is 0 Å². The van der Waals surface area contributed by atoms with E-state index in [9.17, 15) is 40.4 Å². The van der Waals surface area contributed by atoms with Crippen LogP contribution < -0.4 is 16.0 Å². The minimum absolute atomic E-state index is 0.108. The van der Waals surface area contributed by atoms with Gasteiger partial charge in [0.05, 0.1) is 86.8 Å². The highest BCUT2D eigenvalue weighted by Gasteiger charge is 2.46. The zero-order valence-corrected chi connectivity index (χ0v) is 56.4. The lowest BCUT2D eigenvalue weighted by molar-refractivity contribution is -0.120. The molecule has 3 aliphatic rings. The molecule has 3 amide bonds. The fourth-order valence-electron chi connectivity index (χ4n) is 12.6. The van der Waals surface area contributed by atoms with Gasteiger partial charge in [0, 0.05) is 64.6 Å². The van der Waals surface area contributed by atoms with Crippen LogP contribution in [0.25, 0.3) is 79.0 Å². The lowest BCUT2D eigenvalue weighted by Crippen LogP contribution is -2.28. The third kappa shape index (κ3) is 12.2. The first-order valence-corrected chi connectivity index (χ1v) is 34.1. The molecule has 25 nitrogen and oxygen atoms in total. The van der Waals surface area contributed by atoms with Gasteiger partial charge >= 0.3 is 0 Å². The van der Waals surface area contributed by atoms with Crippen LogP contribution >= 0.6 is 0 Å². The largest absolute Gasteiger partial charge is 0.310 e. The molecule has 0 radical (unpaired) electrons. The average Bonchev–Trinajstić information content (AvgIpc) is 1.61. The van der Waals surface area contributed by atoms with Gasteiger partial charge in [-0.25, -0.2) is 84.9 Å². The second-order valence-corrected chi connectivity index (χ2v) is 28.3. The van der Waals surface area contributed by atoms with Crippen LogP contribution in [0, 0.1) is 23.3 Å². The molecule has 30 heteroatoms. The van der Waals surface area contributed by atoms with Crippen molar-refractivity contribution >= 4 is 78.1 Å². The standard InChI is InChI=1S/C24H19FN8O.C24H23FN6O3S.C23H20F2N6O/c1-24(2)17-19(16-9-11-27-31-16)28-21(29-20(17)30-23(24)34)18-14-7-5-10-26-22(14)33(32-18)12-13-6-3-4-8-15(13)25;1-24(2)18-17(10-12-35(3,33)34)27-21(28-20(18)29-23(24)32)19-15-8-6-11-26-22(15)31(30-19)13-14-7-4-5-9-16(14)25;1-4-16-17-19(29-22(32)23(17,2)3)28-20(27-16)18-14-9-13(24)10-26-21(14)31(30-18)11-12-7-5-6-8-15(12)25/h3-11H,12H2,1-2H3,(H,27,31)(H,28,29,30,34);4-9,11H,10,12-13H2,1-3H3,(H,27,28,29,32);5-10H,4,11H2,1-3H3,(H,27,28,29,32). The minimum Gasteiger partial charge on any atom is -0.310 e. The Morgan fingerprint density at radius 3 is 1.33 bits per heavy atom. The Morgan fingerprint density at radius 1 is 0.465 bits per heavy atom. The summed E-state index contributed by atoms with van der Waals surface area (Å²) in [6, 6.07) is 29.7. The highest BCUT2D eigenvalue weighted by Crippen LogP contribution is 2.45. The summed E-state index contributed by atoms with van der Waals surface area (Å²) in [4.78, 5) is 78.9. The molecule has 3 aliphatic heterocycles. The molecular formula is C71H62F4N20O5S. The number of benzene rings is 3. The van der Waals surface area contributed by atoms with Gasteiger partial charge in [0.25, 0.3) is 0 Å². The van der Waals surface area contributed by atoms with Gasteiger partial charge in [0.15, 0.2) is 34.4 Å². The van der Waals surface area contributed by atoms with Gasteiger partial charge in [-0.2, -0.15) is 20.4 Å². The number of hydrogen-bond donors (Lipinski definition) is 4. The number of aromatic amines is 1. The lowest BCUT2D eigenvalue weighted by atomic mass is 9.85. The lowest BCUT2D eigenvalue weighted by Gasteiger charge is -2.18. The van der Waals surface area contributed by atoms with Crippen molar-refractivity contribution in [2.75, 3.05) is 28.0 Å². The predicted molar refractivity (Wildman–Crippen MR) is 367 cm³/mol. The summed E-state index contributed by atoms with van der Waals surface area (Å²) in [5.74, 6) is -0.224. The number of nitrogens with zero attached hydrogens (tertiary/aromatic N) is 16. The molecule has 16 rings (SSSR count). The van der Waals surface area contributed by atoms with E-state index in [1.165, 1.54) is 28.9 Å². The van der Waals surface area contributed by atoms with Crippen LogP contribution in [0.3, 0.4) is 0 Å². The Labute approximate surface area is 573 Å². The summed E-state index contributed by atoms with van der Waals surface area (Å²) in [6.45, 7) is 13.2. The van der Waals surface area contributed by atoms with E-state index in [0.29, 0.717) is 119 Å². The zero-order valence-electron chi connectivity index (χ0n) is 55.6. The molecule has 4 N–H and O–H groups in total. The Hall–Kier alpha value is -12.0. The number of carbonyl (C=O) groups is 3. The molecule has 10 aromatic heterocycles. The molecule has 0 saturated carbocycles. The molecule has 0 bridgehead atoms. The first-order chi connectivity index (χ1) is 48.3. The number of H-pyrrole nitrogens is 1. The first kappa shape index (κ1) is 66.3. The van der Waals surface area contributed by atoms with E-state index in [4.69, 9.17) is 15.1 Å². The van der Waals surface area contributed by atoms with E-state index >= 15 is 0 Å². The summed E-state index contributed by atoms with van der Waals surface area (Å²) in [6.07, 6.45) is 7.87. The van der Waals surface area contributed by atoms with Gasteiger partial charge in [-0.15, -0.1) is 0 Å². The smallest absolute Gasteiger partial charge is 0.235 e. The second kappa shape index (κ2) is 25.4. The number of hydrogen-bond acceptors (Lipinski definition) is 18. The molecule has 3 aromatic carbocycles. The zero-order chi connectivity index (χ0) is 71.0. The Balaban J connectivity index is 0.000000129. The van der Waals surface area contributed by atoms with Crippen LogP contribution in [0.1, 0.15) is 93.2 Å². The molecule has 0 atom stereocenters. The van der Waals surface area contributed by atoms with E-state index in [1.807, 2.05) is 46.8 Å². The number of pyridine rings is 3. The third-order valence-corrected chi connectivity index (χ3v) is 18.9. The summed E-state index contributed by atoms with van der Waals surface area (Å²) < 4.78 is 85.5. The number of sulfone groups is 1. The maximum Gasteiger partial charge on any atom is 0.235 e. The number of fused-ring (bicyclic) bond motifs is 6. The SMILES string of the molecule is CC1(C)C(=O)Nc2nc(-c3nn(Cc4ccccc4F)c4ncccc34)nc(-c3ccn[nH]3)c21.CC1(C)C(=O)Nc2nc(-c3nn(Cc4ccccc4F)c4ncccc34)nc(CCS(C)(=O)=O)c21.CCc1nc(-c2nn(Cc3ccccc3F)c3ncc(F)cc23)nc2c1C(C)(C)C(=O)N2. The quantitative estimate of drug-likeness (QED) is 0.0735. The Kier molecular flexibility index (Phi) is 16.7. The van der Waals surface area contributed by atoms with E-state index in [-0.39, 0.29) is 78.6 Å². The molecule has 13 heterocycles. The minimum atomic E-state index is -3.27. The molecule has 101 heavy (non-hydrogen) atoms. The number of carbonyl (C=O) groups excluding carboxylic acids is 3. The molecule has 0 spiro atoms. The van der Waals surface area contributed by atoms with Crippen LogP contribution in [0.5, 0.6) is 0 Å².